The first kappa shape index (κ1) is 19.1. The Hall–Kier alpha value is -2.64. The molecular weight excluding hydrogens is 359 g/mol. The number of fused-ring (bicyclic) bond motifs is 1. The first-order valence-corrected chi connectivity index (χ1v) is 8.74. The number of carbonyl (C=O) groups excluding carboxylic acids is 2. The number of dihydropyridines is 1. The van der Waals surface area contributed by atoms with Crippen molar-refractivity contribution in [2.24, 2.45) is 10.9 Å². The summed E-state index contributed by atoms with van der Waals surface area (Å²) >= 11 is 0. The van der Waals surface area contributed by atoms with Crippen LogP contribution in [-0.4, -0.2) is 36.8 Å². The van der Waals surface area contributed by atoms with Gasteiger partial charge in [-0.25, -0.2) is 4.99 Å². The fourth-order valence-corrected chi connectivity index (χ4v) is 3.38. The summed E-state index contributed by atoms with van der Waals surface area (Å²) in [6.07, 6.45) is -2.41. The number of halogens is 3. The summed E-state index contributed by atoms with van der Waals surface area (Å²) in [7, 11) is 0. The molecule has 2 unspecified atom stereocenters. The van der Waals surface area contributed by atoms with Crippen molar-refractivity contribution in [3.63, 3.8) is 0 Å². The second-order valence-electron chi connectivity index (χ2n) is 6.66. The predicted octanol–water partition coefficient (Wildman–Crippen LogP) is 3.10. The zero-order valence-electron chi connectivity index (χ0n) is 15.0. The van der Waals surface area contributed by atoms with Gasteiger partial charge in [0.2, 0.25) is 5.91 Å². The van der Waals surface area contributed by atoms with E-state index < -0.39 is 29.6 Å². The minimum Gasteiger partial charge on any atom is -0.371 e. The molecule has 0 aromatic heterocycles. The average molecular weight is 379 g/mol. The van der Waals surface area contributed by atoms with E-state index in [9.17, 15) is 22.8 Å². The van der Waals surface area contributed by atoms with Gasteiger partial charge in [0.1, 0.15) is 11.6 Å². The Bertz CT molecular complexity index is 830. The quantitative estimate of drug-likeness (QED) is 0.821. The Balaban J connectivity index is 1.77. The first-order valence-electron chi connectivity index (χ1n) is 8.74. The van der Waals surface area contributed by atoms with Gasteiger partial charge in [-0.05, 0) is 43.5 Å². The SMILES string of the molecule is CCN1CCC(NC(=O)C2C=CC(C(F)(F)F)=NC2=O)c2ccc(C)cc21. The molecule has 27 heavy (non-hydrogen) atoms. The highest BCUT2D eigenvalue weighted by molar-refractivity contribution is 6.14. The Kier molecular flexibility index (Phi) is 5.08. The van der Waals surface area contributed by atoms with E-state index in [4.69, 9.17) is 0 Å². The van der Waals surface area contributed by atoms with Gasteiger partial charge in [0.25, 0.3) is 5.91 Å². The fourth-order valence-electron chi connectivity index (χ4n) is 3.38. The number of anilines is 1. The van der Waals surface area contributed by atoms with Gasteiger partial charge in [-0.3, -0.25) is 9.59 Å². The number of hydrogen-bond acceptors (Lipinski definition) is 3. The molecule has 144 valence electrons. The smallest absolute Gasteiger partial charge is 0.371 e. The monoisotopic (exact) mass is 379 g/mol. The zero-order chi connectivity index (χ0) is 19.8. The number of aryl methyl sites for hydroxylation is 1. The van der Waals surface area contributed by atoms with E-state index in [1.165, 1.54) is 0 Å². The van der Waals surface area contributed by atoms with Crippen LogP contribution in [0.25, 0.3) is 0 Å². The van der Waals surface area contributed by atoms with Crippen molar-refractivity contribution in [3.8, 4) is 0 Å². The Labute approximate surface area is 154 Å². The standard InChI is InChI=1S/C19H20F3N3O2/c1-3-25-9-8-14(12-5-4-11(2)10-15(12)25)23-17(26)13-6-7-16(19(20,21)22)24-18(13)27/h4-7,10,13-14H,3,8-9H2,1-2H3,(H,23,26). The minimum absolute atomic E-state index is 0.301. The molecule has 0 fully saturated rings. The lowest BCUT2D eigenvalue weighted by molar-refractivity contribution is -0.132. The van der Waals surface area contributed by atoms with E-state index in [2.05, 4.69) is 15.2 Å². The molecule has 2 heterocycles. The third-order valence-electron chi connectivity index (χ3n) is 4.80. The number of nitrogens with one attached hydrogen (secondary N) is 1. The van der Waals surface area contributed by atoms with Gasteiger partial charge >= 0.3 is 6.18 Å². The van der Waals surface area contributed by atoms with Gasteiger partial charge in [-0.2, -0.15) is 13.2 Å². The summed E-state index contributed by atoms with van der Waals surface area (Å²) in [5.74, 6) is -3.07. The van der Waals surface area contributed by atoms with Crippen molar-refractivity contribution in [1.82, 2.24) is 5.32 Å². The second kappa shape index (κ2) is 7.17. The van der Waals surface area contributed by atoms with Gasteiger partial charge in [-0.1, -0.05) is 18.2 Å². The fraction of sp³-hybridized carbons (Fsp3) is 0.421. The normalized spacial score (nSPS) is 22.3. The maximum atomic E-state index is 12.6. The molecule has 0 saturated heterocycles. The Morgan fingerprint density at radius 2 is 2.11 bits per heavy atom. The highest BCUT2D eigenvalue weighted by Gasteiger charge is 2.39. The van der Waals surface area contributed by atoms with Crippen molar-refractivity contribution in [3.05, 3.63) is 41.5 Å². The lowest BCUT2D eigenvalue weighted by Gasteiger charge is -2.36. The molecule has 2 amide bonds. The van der Waals surface area contributed by atoms with Gasteiger partial charge < -0.3 is 10.2 Å². The number of benzene rings is 1. The van der Waals surface area contributed by atoms with Gasteiger partial charge in [0.15, 0.2) is 0 Å². The number of alkyl halides is 3. The predicted molar refractivity (Wildman–Crippen MR) is 95.7 cm³/mol. The molecule has 1 N–H and O–H groups in total. The highest BCUT2D eigenvalue weighted by Crippen LogP contribution is 2.34. The molecule has 0 saturated carbocycles. The Morgan fingerprint density at radius 3 is 2.74 bits per heavy atom. The molecular formula is C19H20F3N3O2. The molecule has 0 aliphatic carbocycles. The molecule has 8 heteroatoms. The van der Waals surface area contributed by atoms with E-state index in [0.29, 0.717) is 12.5 Å². The van der Waals surface area contributed by atoms with Crippen LogP contribution < -0.4 is 10.2 Å². The lowest BCUT2D eigenvalue weighted by Crippen LogP contribution is -2.42. The molecule has 0 spiro atoms. The molecule has 1 aromatic rings. The molecule has 0 radical (unpaired) electrons. The van der Waals surface area contributed by atoms with Crippen LogP contribution in [0.15, 0.2) is 35.3 Å². The van der Waals surface area contributed by atoms with Gasteiger partial charge in [0, 0.05) is 18.8 Å². The zero-order valence-corrected chi connectivity index (χ0v) is 15.0. The highest BCUT2D eigenvalue weighted by atomic mass is 19.4. The van der Waals surface area contributed by atoms with Crippen molar-refractivity contribution in [1.29, 1.82) is 0 Å². The van der Waals surface area contributed by atoms with Crippen LogP contribution in [0.1, 0.15) is 30.5 Å². The summed E-state index contributed by atoms with van der Waals surface area (Å²) in [6, 6.07) is 5.63. The van der Waals surface area contributed by atoms with E-state index in [-0.39, 0.29) is 6.04 Å². The summed E-state index contributed by atoms with van der Waals surface area (Å²) in [6.45, 7) is 5.60. The molecule has 2 atom stereocenters. The number of aliphatic imine (C=N–C) groups is 1. The van der Waals surface area contributed by atoms with Crippen LogP contribution in [0.3, 0.4) is 0 Å². The van der Waals surface area contributed by atoms with Crippen LogP contribution in [0.5, 0.6) is 0 Å². The number of nitrogens with zero attached hydrogens (tertiary/aromatic N) is 2. The lowest BCUT2D eigenvalue weighted by atomic mass is 9.94. The van der Waals surface area contributed by atoms with Gasteiger partial charge in [0.05, 0.1) is 6.04 Å². The molecule has 1 aromatic carbocycles. The Morgan fingerprint density at radius 1 is 1.37 bits per heavy atom. The summed E-state index contributed by atoms with van der Waals surface area (Å²) < 4.78 is 37.9. The number of amides is 2. The minimum atomic E-state index is -4.71. The number of allylic oxidation sites excluding steroid dienone is 1. The summed E-state index contributed by atoms with van der Waals surface area (Å²) in [5, 5.41) is 2.80. The van der Waals surface area contributed by atoms with Crippen molar-refractivity contribution in [2.45, 2.75) is 32.5 Å². The first-order chi connectivity index (χ1) is 12.7. The molecule has 5 nitrogen and oxygen atoms in total. The molecule has 3 rings (SSSR count). The van der Waals surface area contributed by atoms with Crippen molar-refractivity contribution in [2.75, 3.05) is 18.0 Å². The maximum Gasteiger partial charge on any atom is 0.433 e. The average Bonchev–Trinajstić information content (AvgIpc) is 2.60. The molecule has 2 aliphatic rings. The van der Waals surface area contributed by atoms with E-state index in [1.807, 2.05) is 32.0 Å². The topological polar surface area (TPSA) is 61.8 Å². The van der Waals surface area contributed by atoms with E-state index in [0.717, 1.165) is 36.0 Å². The van der Waals surface area contributed by atoms with Crippen molar-refractivity contribution >= 4 is 23.2 Å². The third kappa shape index (κ3) is 3.89. The summed E-state index contributed by atoms with van der Waals surface area (Å²) in [4.78, 5) is 29.7. The van der Waals surface area contributed by atoms with Crippen LogP contribution in [-0.2, 0) is 9.59 Å². The van der Waals surface area contributed by atoms with Crippen LogP contribution in [0, 0.1) is 12.8 Å². The van der Waals surface area contributed by atoms with Gasteiger partial charge in [-0.15, -0.1) is 0 Å². The molecule has 2 aliphatic heterocycles. The van der Waals surface area contributed by atoms with Crippen molar-refractivity contribution < 1.29 is 22.8 Å². The van der Waals surface area contributed by atoms with E-state index in [1.54, 1.807) is 0 Å². The third-order valence-corrected chi connectivity index (χ3v) is 4.80. The maximum absolute atomic E-state index is 12.6. The number of carbonyl (C=O) groups is 2. The second-order valence-corrected chi connectivity index (χ2v) is 6.66. The molecule has 0 bridgehead atoms. The van der Waals surface area contributed by atoms with Crippen LogP contribution in [0.4, 0.5) is 18.9 Å². The number of rotatable bonds is 3. The van der Waals surface area contributed by atoms with E-state index >= 15 is 0 Å². The van der Waals surface area contributed by atoms with Crippen LogP contribution in [0.2, 0.25) is 0 Å². The number of hydrogen-bond donors (Lipinski definition) is 1. The van der Waals surface area contributed by atoms with Crippen LogP contribution >= 0.6 is 0 Å². The summed E-state index contributed by atoms with van der Waals surface area (Å²) in [5.41, 5.74) is 1.78. The largest absolute Gasteiger partial charge is 0.433 e.